The Kier molecular flexibility index (Phi) is 6.42. The van der Waals surface area contributed by atoms with Crippen molar-refractivity contribution in [3.63, 3.8) is 0 Å². The lowest BCUT2D eigenvalue weighted by Crippen LogP contribution is -2.49. The number of fused-ring (bicyclic) bond motifs is 2. The van der Waals surface area contributed by atoms with Crippen molar-refractivity contribution >= 4 is 39.9 Å². The molecule has 0 spiro atoms. The zero-order valence-corrected chi connectivity index (χ0v) is 22.0. The molecule has 5 heterocycles. The van der Waals surface area contributed by atoms with Gasteiger partial charge in [-0.25, -0.2) is 28.8 Å². The molecule has 4 aromatic heterocycles. The number of piperazine rings is 1. The van der Waals surface area contributed by atoms with Gasteiger partial charge in [0.15, 0.2) is 17.3 Å². The Labute approximate surface area is 229 Å². The van der Waals surface area contributed by atoms with Gasteiger partial charge in [0, 0.05) is 49.6 Å². The molecule has 0 aliphatic carbocycles. The number of pyridine rings is 2. The number of nitrogens with zero attached hydrogens (tertiary/aromatic N) is 8. The van der Waals surface area contributed by atoms with Crippen LogP contribution in [0.2, 0.25) is 0 Å². The fraction of sp³-hybridized carbons (Fsp3) is 0.214. The van der Waals surface area contributed by atoms with E-state index in [1.54, 1.807) is 53.7 Å². The second kappa shape index (κ2) is 10.2. The van der Waals surface area contributed by atoms with Crippen molar-refractivity contribution in [3.05, 3.63) is 78.8 Å². The summed E-state index contributed by atoms with van der Waals surface area (Å²) in [4.78, 5) is 33.8. The normalized spacial score (nSPS) is 13.6. The van der Waals surface area contributed by atoms with E-state index in [2.05, 4.69) is 36.8 Å². The lowest BCUT2D eigenvalue weighted by Gasteiger charge is -2.35. The van der Waals surface area contributed by atoms with Crippen LogP contribution >= 0.6 is 0 Å². The molecule has 0 bridgehead atoms. The molecular weight excluding hydrogens is 513 g/mol. The minimum atomic E-state index is -0.470. The van der Waals surface area contributed by atoms with E-state index in [1.807, 2.05) is 12.1 Å². The quantitative estimate of drug-likeness (QED) is 0.316. The monoisotopic (exact) mass is 539 g/mol. The van der Waals surface area contributed by atoms with Gasteiger partial charge >= 0.3 is 0 Å². The van der Waals surface area contributed by atoms with Gasteiger partial charge in [0.05, 0.1) is 11.2 Å². The van der Waals surface area contributed by atoms with Crippen LogP contribution in [0.5, 0.6) is 11.5 Å². The summed E-state index contributed by atoms with van der Waals surface area (Å²) in [5, 5.41) is 7.15. The molecule has 1 amide bonds. The Hall–Kier alpha value is -5.13. The first-order valence-corrected chi connectivity index (χ1v) is 12.7. The molecule has 1 N–H and O–H groups in total. The van der Waals surface area contributed by atoms with E-state index in [4.69, 9.17) is 9.72 Å². The Morgan fingerprint density at radius 2 is 1.88 bits per heavy atom. The number of aromatic nitrogens is 6. The summed E-state index contributed by atoms with van der Waals surface area (Å²) < 4.78 is 23.1. The van der Waals surface area contributed by atoms with Crippen LogP contribution in [-0.2, 0) is 4.79 Å². The van der Waals surface area contributed by atoms with E-state index in [1.165, 1.54) is 12.7 Å². The summed E-state index contributed by atoms with van der Waals surface area (Å²) in [5.74, 6) is 1.51. The highest BCUT2D eigenvalue weighted by molar-refractivity contribution is 5.92. The summed E-state index contributed by atoms with van der Waals surface area (Å²) in [7, 11) is 0. The lowest BCUT2D eigenvalue weighted by molar-refractivity contribution is -0.127. The molecule has 1 saturated heterocycles. The molecule has 11 nitrogen and oxygen atoms in total. The van der Waals surface area contributed by atoms with Crippen molar-refractivity contribution in [2.24, 2.45) is 0 Å². The predicted molar refractivity (Wildman–Crippen MR) is 148 cm³/mol. The van der Waals surface area contributed by atoms with Gasteiger partial charge < -0.3 is 19.9 Å². The average molecular weight is 540 g/mol. The number of hydrogen-bond donors (Lipinski definition) is 1. The molecule has 40 heavy (non-hydrogen) atoms. The van der Waals surface area contributed by atoms with Crippen molar-refractivity contribution in [2.75, 3.05) is 36.4 Å². The van der Waals surface area contributed by atoms with Crippen LogP contribution in [0.15, 0.2) is 67.4 Å². The Morgan fingerprint density at radius 3 is 2.67 bits per heavy atom. The number of carbonyl (C=O) groups is 1. The molecule has 0 radical (unpaired) electrons. The number of rotatable bonds is 6. The van der Waals surface area contributed by atoms with Crippen LogP contribution in [0.1, 0.15) is 12.5 Å². The van der Waals surface area contributed by atoms with Crippen LogP contribution in [0, 0.1) is 12.7 Å². The number of benzene rings is 1. The summed E-state index contributed by atoms with van der Waals surface area (Å²) in [6.45, 7) is 9.54. The van der Waals surface area contributed by atoms with E-state index in [0.717, 1.165) is 5.82 Å². The molecule has 202 valence electrons. The van der Waals surface area contributed by atoms with Gasteiger partial charge in [0.25, 0.3) is 0 Å². The Balaban J connectivity index is 1.23. The minimum Gasteiger partial charge on any atom is -0.457 e. The molecule has 0 saturated carbocycles. The summed E-state index contributed by atoms with van der Waals surface area (Å²) in [6.07, 6.45) is 4.59. The van der Waals surface area contributed by atoms with E-state index in [9.17, 15) is 4.79 Å². The van der Waals surface area contributed by atoms with Crippen LogP contribution in [0.4, 0.5) is 21.7 Å². The SMILES string of the molecule is C=C(C)C(=O)N1CCN(c2ccc3ncnc(Nc4ccc(Oc5ccn6ncnc6c5)c(C)c4F)c3n2)CC1. The molecule has 0 atom stereocenters. The Bertz CT molecular complexity index is 1760. The number of nitrogens with one attached hydrogen (secondary N) is 1. The standard InChI is InChI=1S/C28H26FN9O2/c1-17(2)28(39)37-12-10-36(11-13-37)23-7-5-21-26(35-23)27(32-15-30-21)34-20-4-6-22(18(3)25(20)29)40-19-8-9-38-24(14-19)31-16-33-38/h4-9,14-16H,1,10-13H2,2-3H3,(H,30,32,34). The zero-order valence-electron chi connectivity index (χ0n) is 22.0. The van der Waals surface area contributed by atoms with Crippen molar-refractivity contribution in [1.29, 1.82) is 0 Å². The van der Waals surface area contributed by atoms with Gasteiger partial charge in [-0.15, -0.1) is 0 Å². The first-order chi connectivity index (χ1) is 19.4. The highest BCUT2D eigenvalue weighted by atomic mass is 19.1. The summed E-state index contributed by atoms with van der Waals surface area (Å²) in [6, 6.07) is 10.5. The number of hydrogen-bond acceptors (Lipinski definition) is 9. The van der Waals surface area contributed by atoms with Gasteiger partial charge in [0.1, 0.15) is 35.5 Å². The number of ether oxygens (including phenoxy) is 1. The first-order valence-electron chi connectivity index (χ1n) is 12.7. The van der Waals surface area contributed by atoms with Crippen LogP contribution in [0.3, 0.4) is 0 Å². The molecule has 1 aliphatic rings. The molecule has 0 unspecified atom stereocenters. The fourth-order valence-electron chi connectivity index (χ4n) is 4.60. The van der Waals surface area contributed by atoms with Gasteiger partial charge in [-0.3, -0.25) is 4.79 Å². The van der Waals surface area contributed by atoms with Gasteiger partial charge in [-0.2, -0.15) is 5.10 Å². The maximum absolute atomic E-state index is 15.5. The smallest absolute Gasteiger partial charge is 0.249 e. The van der Waals surface area contributed by atoms with Gasteiger partial charge in [-0.1, -0.05) is 6.58 Å². The zero-order chi connectivity index (χ0) is 27.8. The fourth-order valence-corrected chi connectivity index (χ4v) is 4.60. The van der Waals surface area contributed by atoms with Crippen molar-refractivity contribution in [3.8, 4) is 11.5 Å². The molecule has 6 rings (SSSR count). The number of amides is 1. The van der Waals surface area contributed by atoms with Crippen LogP contribution < -0.4 is 15.0 Å². The number of anilines is 3. The molecular formula is C28H26FN9O2. The highest BCUT2D eigenvalue weighted by Gasteiger charge is 2.23. The lowest BCUT2D eigenvalue weighted by atomic mass is 10.1. The minimum absolute atomic E-state index is 0.0314. The highest BCUT2D eigenvalue weighted by Crippen LogP contribution is 2.33. The van der Waals surface area contributed by atoms with E-state index >= 15 is 4.39 Å². The van der Waals surface area contributed by atoms with Gasteiger partial charge in [0.2, 0.25) is 5.91 Å². The van der Waals surface area contributed by atoms with E-state index in [-0.39, 0.29) is 11.6 Å². The topological polar surface area (TPSA) is 114 Å². The van der Waals surface area contributed by atoms with E-state index < -0.39 is 5.82 Å². The summed E-state index contributed by atoms with van der Waals surface area (Å²) >= 11 is 0. The van der Waals surface area contributed by atoms with Crippen molar-refractivity contribution in [1.82, 2.24) is 34.4 Å². The second-order valence-corrected chi connectivity index (χ2v) is 9.52. The van der Waals surface area contributed by atoms with Crippen molar-refractivity contribution in [2.45, 2.75) is 13.8 Å². The molecule has 1 aromatic carbocycles. The molecule has 1 aliphatic heterocycles. The van der Waals surface area contributed by atoms with E-state index in [0.29, 0.717) is 71.3 Å². The Morgan fingerprint density at radius 1 is 1.05 bits per heavy atom. The molecule has 5 aromatic rings. The molecule has 1 fully saturated rings. The molecule has 12 heteroatoms. The third-order valence-electron chi connectivity index (χ3n) is 6.79. The maximum atomic E-state index is 15.5. The third-order valence-corrected chi connectivity index (χ3v) is 6.79. The first kappa shape index (κ1) is 25.2. The maximum Gasteiger partial charge on any atom is 0.249 e. The average Bonchev–Trinajstić information content (AvgIpc) is 3.44. The largest absolute Gasteiger partial charge is 0.457 e. The van der Waals surface area contributed by atoms with Crippen molar-refractivity contribution < 1.29 is 13.9 Å². The summed E-state index contributed by atoms with van der Waals surface area (Å²) in [5.41, 5.74) is 2.86. The van der Waals surface area contributed by atoms with Gasteiger partial charge in [-0.05, 0) is 44.2 Å². The second-order valence-electron chi connectivity index (χ2n) is 9.52. The van der Waals surface area contributed by atoms with Crippen LogP contribution in [-0.4, -0.2) is 66.5 Å². The number of carbonyl (C=O) groups excluding carboxylic acids is 1. The van der Waals surface area contributed by atoms with Crippen LogP contribution in [0.25, 0.3) is 16.7 Å². The number of halogens is 1. The predicted octanol–water partition coefficient (Wildman–Crippen LogP) is 4.28. The third kappa shape index (κ3) is 4.75.